The van der Waals surface area contributed by atoms with Crippen LogP contribution in [0.5, 0.6) is 0 Å². The zero-order valence-corrected chi connectivity index (χ0v) is 8.41. The largest absolute Gasteiger partial charge is 0.392 e. The van der Waals surface area contributed by atoms with Crippen molar-refractivity contribution in [3.8, 4) is 0 Å². The maximum absolute atomic E-state index is 3.43. The molecule has 0 saturated heterocycles. The fourth-order valence-electron chi connectivity index (χ4n) is 1.82. The summed E-state index contributed by atoms with van der Waals surface area (Å²) in [6.45, 7) is 2.09. The lowest BCUT2D eigenvalue weighted by Crippen LogP contribution is -2.49. The van der Waals surface area contributed by atoms with Gasteiger partial charge in [-0.15, -0.1) is 0 Å². The van der Waals surface area contributed by atoms with Gasteiger partial charge < -0.3 is 10.6 Å². The summed E-state index contributed by atoms with van der Waals surface area (Å²) in [6.07, 6.45) is 7.33. The molecule has 1 fully saturated rings. The second kappa shape index (κ2) is 3.94. The minimum absolute atomic E-state index is 0.408. The van der Waals surface area contributed by atoms with Crippen molar-refractivity contribution in [3.63, 3.8) is 0 Å². The van der Waals surface area contributed by atoms with Crippen LogP contribution in [0.1, 0.15) is 32.6 Å². The molecule has 2 heteroatoms. The van der Waals surface area contributed by atoms with Gasteiger partial charge in [0.15, 0.2) is 0 Å². The van der Waals surface area contributed by atoms with Gasteiger partial charge in [-0.25, -0.2) is 0 Å². The molecule has 0 atom stereocenters. The second-order valence-electron chi connectivity index (χ2n) is 3.62. The Morgan fingerprint density at radius 1 is 1.42 bits per heavy atom. The Morgan fingerprint density at radius 2 is 2.08 bits per heavy atom. The molecular weight excluding hydrogens is 148 g/mol. The summed E-state index contributed by atoms with van der Waals surface area (Å²) in [5.41, 5.74) is 1.76. The van der Waals surface area contributed by atoms with Crippen molar-refractivity contribution < 1.29 is 0 Å². The zero-order chi connectivity index (χ0) is 9.03. The Kier molecular flexibility index (Phi) is 3.15. The molecule has 0 radical (unpaired) electrons. The van der Waals surface area contributed by atoms with E-state index in [1.165, 1.54) is 25.0 Å². The zero-order valence-electron chi connectivity index (χ0n) is 8.41. The van der Waals surface area contributed by atoms with E-state index in [4.69, 9.17) is 0 Å². The smallest absolute Gasteiger partial charge is 0.0232 e. The van der Waals surface area contributed by atoms with E-state index in [1.54, 1.807) is 0 Å². The molecule has 0 bridgehead atoms. The molecule has 0 unspecified atom stereocenters. The Labute approximate surface area is 75.4 Å². The van der Waals surface area contributed by atoms with Gasteiger partial charge in [0.1, 0.15) is 0 Å². The van der Waals surface area contributed by atoms with Gasteiger partial charge in [-0.05, 0) is 33.2 Å². The van der Waals surface area contributed by atoms with Crippen molar-refractivity contribution in [1.82, 2.24) is 10.6 Å². The Bertz CT molecular complexity index is 163. The number of rotatable bonds is 4. The van der Waals surface area contributed by atoms with Crippen LogP contribution in [0.2, 0.25) is 0 Å². The molecule has 1 aliphatic rings. The normalized spacial score (nSPS) is 21.8. The van der Waals surface area contributed by atoms with Crippen molar-refractivity contribution in [3.05, 3.63) is 11.8 Å². The molecule has 0 aromatic carbocycles. The molecular formula is C10H20N2. The van der Waals surface area contributed by atoms with Gasteiger partial charge in [0.25, 0.3) is 0 Å². The molecule has 1 saturated carbocycles. The highest BCUT2D eigenvalue weighted by atomic mass is 15.0. The molecule has 2 nitrogen and oxygen atoms in total. The van der Waals surface area contributed by atoms with Gasteiger partial charge in [0.05, 0.1) is 0 Å². The van der Waals surface area contributed by atoms with Crippen molar-refractivity contribution in [2.24, 2.45) is 0 Å². The molecule has 1 rings (SSSR count). The summed E-state index contributed by atoms with van der Waals surface area (Å²) in [5, 5.41) is 6.66. The third-order valence-electron chi connectivity index (χ3n) is 3.04. The molecule has 0 aromatic rings. The topological polar surface area (TPSA) is 24.1 Å². The third-order valence-corrected chi connectivity index (χ3v) is 3.04. The predicted octanol–water partition coefficient (Wildman–Crippen LogP) is 1.64. The molecule has 0 aromatic heterocycles. The van der Waals surface area contributed by atoms with Crippen LogP contribution >= 0.6 is 0 Å². The lowest BCUT2D eigenvalue weighted by molar-refractivity contribution is 0.195. The highest BCUT2D eigenvalue weighted by molar-refractivity contribution is 5.08. The van der Waals surface area contributed by atoms with Crippen LogP contribution in [0.25, 0.3) is 0 Å². The van der Waals surface area contributed by atoms with Crippen LogP contribution < -0.4 is 10.6 Å². The fourth-order valence-corrected chi connectivity index (χ4v) is 1.82. The maximum atomic E-state index is 3.43. The standard InChI is InChI=1S/C10H20N2/c1-4-9(11-2)8-10(12-3)6-5-7-10/h4,11-12H,5-8H2,1-3H3/b9-4+. The molecule has 12 heavy (non-hydrogen) atoms. The summed E-state index contributed by atoms with van der Waals surface area (Å²) in [4.78, 5) is 0. The van der Waals surface area contributed by atoms with Crippen LogP contribution in [0.4, 0.5) is 0 Å². The Hall–Kier alpha value is -0.500. The molecule has 1 aliphatic carbocycles. The van der Waals surface area contributed by atoms with Gasteiger partial charge in [-0.2, -0.15) is 0 Å². The summed E-state index contributed by atoms with van der Waals surface area (Å²) < 4.78 is 0. The van der Waals surface area contributed by atoms with Gasteiger partial charge >= 0.3 is 0 Å². The number of hydrogen-bond donors (Lipinski definition) is 2. The van der Waals surface area contributed by atoms with Gasteiger partial charge in [0, 0.05) is 24.7 Å². The lowest BCUT2D eigenvalue weighted by Gasteiger charge is -2.42. The van der Waals surface area contributed by atoms with E-state index >= 15 is 0 Å². The van der Waals surface area contributed by atoms with E-state index in [0.717, 1.165) is 6.42 Å². The van der Waals surface area contributed by atoms with E-state index in [0.29, 0.717) is 5.54 Å². The minimum atomic E-state index is 0.408. The summed E-state index contributed by atoms with van der Waals surface area (Å²) in [7, 11) is 4.07. The lowest BCUT2D eigenvalue weighted by atomic mass is 9.74. The summed E-state index contributed by atoms with van der Waals surface area (Å²) >= 11 is 0. The molecule has 0 amide bonds. The van der Waals surface area contributed by atoms with Crippen LogP contribution in [0, 0.1) is 0 Å². The van der Waals surface area contributed by atoms with E-state index in [9.17, 15) is 0 Å². The van der Waals surface area contributed by atoms with E-state index in [-0.39, 0.29) is 0 Å². The first-order valence-corrected chi connectivity index (χ1v) is 4.78. The Morgan fingerprint density at radius 3 is 2.33 bits per heavy atom. The summed E-state index contributed by atoms with van der Waals surface area (Å²) in [6, 6.07) is 0. The number of allylic oxidation sites excluding steroid dienone is 1. The molecule has 2 N–H and O–H groups in total. The van der Waals surface area contributed by atoms with E-state index in [1.807, 2.05) is 7.05 Å². The third kappa shape index (κ3) is 1.81. The second-order valence-corrected chi connectivity index (χ2v) is 3.62. The average molecular weight is 168 g/mol. The van der Waals surface area contributed by atoms with Crippen LogP contribution in [-0.2, 0) is 0 Å². The predicted molar refractivity (Wildman–Crippen MR) is 53.1 cm³/mol. The van der Waals surface area contributed by atoms with E-state index < -0.39 is 0 Å². The van der Waals surface area contributed by atoms with Crippen molar-refractivity contribution in [1.29, 1.82) is 0 Å². The van der Waals surface area contributed by atoms with Gasteiger partial charge in [-0.1, -0.05) is 6.08 Å². The van der Waals surface area contributed by atoms with Gasteiger partial charge in [-0.3, -0.25) is 0 Å². The first-order chi connectivity index (χ1) is 5.76. The highest BCUT2D eigenvalue weighted by Crippen LogP contribution is 2.36. The molecule has 0 heterocycles. The number of hydrogen-bond acceptors (Lipinski definition) is 2. The van der Waals surface area contributed by atoms with Gasteiger partial charge in [0.2, 0.25) is 0 Å². The fraction of sp³-hybridized carbons (Fsp3) is 0.800. The molecule has 0 spiro atoms. The number of nitrogens with one attached hydrogen (secondary N) is 2. The molecule has 0 aliphatic heterocycles. The SMILES string of the molecule is C/C=C(\CC1(NC)CCC1)NC. The van der Waals surface area contributed by atoms with Crippen LogP contribution in [0.15, 0.2) is 11.8 Å². The monoisotopic (exact) mass is 168 g/mol. The van der Waals surface area contributed by atoms with Crippen molar-refractivity contribution in [2.45, 2.75) is 38.1 Å². The van der Waals surface area contributed by atoms with Crippen LogP contribution in [-0.4, -0.2) is 19.6 Å². The Balaban J connectivity index is 2.47. The van der Waals surface area contributed by atoms with E-state index in [2.05, 4.69) is 30.7 Å². The minimum Gasteiger partial charge on any atom is -0.392 e. The van der Waals surface area contributed by atoms with Crippen molar-refractivity contribution in [2.75, 3.05) is 14.1 Å². The average Bonchev–Trinajstić information content (AvgIpc) is 2.05. The van der Waals surface area contributed by atoms with Crippen molar-refractivity contribution >= 4 is 0 Å². The first-order valence-electron chi connectivity index (χ1n) is 4.78. The first kappa shape index (κ1) is 9.59. The van der Waals surface area contributed by atoms with Crippen LogP contribution in [0.3, 0.4) is 0 Å². The highest BCUT2D eigenvalue weighted by Gasteiger charge is 2.35. The molecule has 70 valence electrons. The maximum Gasteiger partial charge on any atom is 0.0232 e. The summed E-state index contributed by atoms with van der Waals surface area (Å²) in [5.74, 6) is 0. The quantitative estimate of drug-likeness (QED) is 0.667.